The Bertz CT molecular complexity index is 782. The van der Waals surface area contributed by atoms with Crippen molar-refractivity contribution in [1.82, 2.24) is 5.43 Å². The van der Waals surface area contributed by atoms with Crippen LogP contribution in [0.3, 0.4) is 0 Å². The molecule has 5 nitrogen and oxygen atoms in total. The summed E-state index contributed by atoms with van der Waals surface area (Å²) < 4.78 is 22.9. The van der Waals surface area contributed by atoms with Gasteiger partial charge >= 0.3 is 0 Å². The summed E-state index contributed by atoms with van der Waals surface area (Å²) in [6.07, 6.45) is 1.14. The molecule has 0 heterocycles. The molecule has 0 saturated heterocycles. The zero-order valence-electron chi connectivity index (χ0n) is 13.4. The largest absolute Gasteiger partial charge is 0.286 e. The maximum absolute atomic E-state index is 12.3. The summed E-state index contributed by atoms with van der Waals surface area (Å²) >= 11 is 0. The number of benzene rings is 2. The van der Waals surface area contributed by atoms with E-state index < -0.39 is 9.84 Å². The van der Waals surface area contributed by atoms with Gasteiger partial charge in [-0.2, -0.15) is 0 Å². The van der Waals surface area contributed by atoms with Gasteiger partial charge in [0.25, 0.3) is 5.91 Å². The molecule has 122 valence electrons. The van der Waals surface area contributed by atoms with Crippen LogP contribution in [0, 0.1) is 6.92 Å². The van der Waals surface area contributed by atoms with E-state index in [1.807, 2.05) is 38.1 Å². The quantitative estimate of drug-likeness (QED) is 0.855. The molecule has 0 aliphatic rings. The summed E-state index contributed by atoms with van der Waals surface area (Å²) in [5, 5.41) is 1.74. The lowest BCUT2D eigenvalue weighted by molar-refractivity contribution is 0.0949. The SMILES string of the molecule is CCN(NC(=O)c1ccc(S(C)(=O)=O)cc1)c1ccc(C)cc1. The standard InChI is InChI=1S/C17H20N2O3S/c1-4-19(15-9-5-13(2)6-10-15)18-17(20)14-7-11-16(12-8-14)23(3,21)22/h5-12H,4H2,1-3H3,(H,18,20). The van der Waals surface area contributed by atoms with Gasteiger partial charge in [-0.25, -0.2) is 8.42 Å². The van der Waals surface area contributed by atoms with E-state index in [9.17, 15) is 13.2 Å². The Balaban J connectivity index is 2.15. The molecule has 0 unspecified atom stereocenters. The molecule has 6 heteroatoms. The maximum atomic E-state index is 12.3. The molecule has 0 bridgehead atoms. The number of carbonyl (C=O) groups excluding carboxylic acids is 1. The predicted molar refractivity (Wildman–Crippen MR) is 91.2 cm³/mol. The minimum absolute atomic E-state index is 0.194. The number of rotatable bonds is 5. The smallest absolute Gasteiger partial charge is 0.269 e. The van der Waals surface area contributed by atoms with E-state index in [1.54, 1.807) is 5.01 Å². The van der Waals surface area contributed by atoms with E-state index in [-0.39, 0.29) is 10.8 Å². The minimum atomic E-state index is -3.26. The molecule has 0 spiro atoms. The molecular formula is C17H20N2O3S. The van der Waals surface area contributed by atoms with E-state index in [2.05, 4.69) is 5.43 Å². The molecule has 2 aromatic carbocycles. The second-order valence-corrected chi connectivity index (χ2v) is 7.33. The van der Waals surface area contributed by atoms with Crippen molar-refractivity contribution in [1.29, 1.82) is 0 Å². The topological polar surface area (TPSA) is 66.5 Å². The Morgan fingerprint density at radius 1 is 1.04 bits per heavy atom. The average molecular weight is 332 g/mol. The highest BCUT2D eigenvalue weighted by molar-refractivity contribution is 7.90. The molecule has 0 saturated carbocycles. The number of nitrogens with one attached hydrogen (secondary N) is 1. The van der Waals surface area contributed by atoms with E-state index in [4.69, 9.17) is 0 Å². The van der Waals surface area contributed by atoms with Gasteiger partial charge in [0.05, 0.1) is 10.6 Å². The predicted octanol–water partition coefficient (Wildman–Crippen LogP) is 2.57. The first-order chi connectivity index (χ1) is 10.8. The lowest BCUT2D eigenvalue weighted by atomic mass is 10.2. The molecule has 0 radical (unpaired) electrons. The Labute approximate surface area is 136 Å². The van der Waals surface area contributed by atoms with Crippen LogP contribution in [0.5, 0.6) is 0 Å². The number of sulfone groups is 1. The maximum Gasteiger partial charge on any atom is 0.269 e. The Kier molecular flexibility index (Phi) is 5.05. The van der Waals surface area contributed by atoms with Crippen molar-refractivity contribution in [3.05, 3.63) is 59.7 Å². The first-order valence-electron chi connectivity index (χ1n) is 7.26. The summed E-state index contributed by atoms with van der Waals surface area (Å²) in [4.78, 5) is 12.5. The lowest BCUT2D eigenvalue weighted by Crippen LogP contribution is -2.42. The Hall–Kier alpha value is -2.34. The van der Waals surface area contributed by atoms with Gasteiger partial charge in [0.2, 0.25) is 0 Å². The van der Waals surface area contributed by atoms with Crippen LogP contribution in [-0.2, 0) is 9.84 Å². The Morgan fingerprint density at radius 3 is 2.09 bits per heavy atom. The summed E-state index contributed by atoms with van der Waals surface area (Å²) in [6, 6.07) is 13.7. The monoisotopic (exact) mass is 332 g/mol. The first kappa shape index (κ1) is 17.0. The van der Waals surface area contributed by atoms with E-state index in [0.717, 1.165) is 17.5 Å². The third-order valence-electron chi connectivity index (χ3n) is 3.44. The Morgan fingerprint density at radius 2 is 1.61 bits per heavy atom. The van der Waals surface area contributed by atoms with Crippen molar-refractivity contribution in [2.45, 2.75) is 18.7 Å². The fourth-order valence-corrected chi connectivity index (χ4v) is 2.72. The number of amides is 1. The van der Waals surface area contributed by atoms with Gasteiger partial charge in [-0.1, -0.05) is 17.7 Å². The van der Waals surface area contributed by atoms with Gasteiger partial charge in [-0.15, -0.1) is 0 Å². The summed E-state index contributed by atoms with van der Waals surface area (Å²) in [5.74, 6) is -0.285. The molecule has 0 aliphatic carbocycles. The van der Waals surface area contributed by atoms with Crippen LogP contribution in [0.2, 0.25) is 0 Å². The molecule has 0 aromatic heterocycles. The van der Waals surface area contributed by atoms with Crippen LogP contribution in [0.4, 0.5) is 5.69 Å². The average Bonchev–Trinajstić information content (AvgIpc) is 2.52. The van der Waals surface area contributed by atoms with Crippen LogP contribution >= 0.6 is 0 Å². The zero-order valence-corrected chi connectivity index (χ0v) is 14.2. The summed E-state index contributed by atoms with van der Waals surface area (Å²) in [7, 11) is -3.26. The number of hydrogen-bond acceptors (Lipinski definition) is 4. The van der Waals surface area contributed by atoms with Gasteiger partial charge < -0.3 is 0 Å². The highest BCUT2D eigenvalue weighted by atomic mass is 32.2. The molecule has 1 N–H and O–H groups in total. The van der Waals surface area contributed by atoms with Crippen LogP contribution in [0.25, 0.3) is 0 Å². The van der Waals surface area contributed by atoms with Crippen molar-refractivity contribution in [3.63, 3.8) is 0 Å². The van der Waals surface area contributed by atoms with Gasteiger partial charge in [0.1, 0.15) is 0 Å². The molecule has 0 atom stereocenters. The number of hydrazine groups is 1. The molecule has 23 heavy (non-hydrogen) atoms. The molecule has 2 rings (SSSR count). The third kappa shape index (κ3) is 4.32. The second-order valence-electron chi connectivity index (χ2n) is 5.32. The van der Waals surface area contributed by atoms with Gasteiger partial charge in [0, 0.05) is 18.4 Å². The number of anilines is 1. The first-order valence-corrected chi connectivity index (χ1v) is 9.15. The lowest BCUT2D eigenvalue weighted by Gasteiger charge is -2.24. The fraction of sp³-hybridized carbons (Fsp3) is 0.235. The van der Waals surface area contributed by atoms with Crippen molar-refractivity contribution in [3.8, 4) is 0 Å². The van der Waals surface area contributed by atoms with Gasteiger partial charge in [-0.3, -0.25) is 15.2 Å². The highest BCUT2D eigenvalue weighted by Gasteiger charge is 2.12. The summed E-state index contributed by atoms with van der Waals surface area (Å²) in [5.41, 5.74) is 5.26. The van der Waals surface area contributed by atoms with Crippen LogP contribution in [0.1, 0.15) is 22.8 Å². The van der Waals surface area contributed by atoms with Gasteiger partial charge in [0.15, 0.2) is 9.84 Å². The van der Waals surface area contributed by atoms with E-state index in [1.165, 1.54) is 24.3 Å². The number of carbonyl (C=O) groups is 1. The van der Waals surface area contributed by atoms with Crippen LogP contribution in [-0.4, -0.2) is 27.1 Å². The van der Waals surface area contributed by atoms with Crippen molar-refractivity contribution in [2.75, 3.05) is 17.8 Å². The van der Waals surface area contributed by atoms with Crippen LogP contribution in [0.15, 0.2) is 53.4 Å². The van der Waals surface area contributed by atoms with Crippen molar-refractivity contribution in [2.24, 2.45) is 0 Å². The molecule has 2 aromatic rings. The van der Waals surface area contributed by atoms with Crippen LogP contribution < -0.4 is 10.4 Å². The molecular weight excluding hydrogens is 312 g/mol. The molecule has 1 amide bonds. The van der Waals surface area contributed by atoms with Gasteiger partial charge in [-0.05, 0) is 50.2 Å². The van der Waals surface area contributed by atoms with E-state index in [0.29, 0.717) is 12.1 Å². The highest BCUT2D eigenvalue weighted by Crippen LogP contribution is 2.14. The number of nitrogens with zero attached hydrogens (tertiary/aromatic N) is 1. The number of aryl methyl sites for hydroxylation is 1. The molecule has 0 aliphatic heterocycles. The minimum Gasteiger partial charge on any atom is -0.286 e. The van der Waals surface area contributed by atoms with E-state index >= 15 is 0 Å². The normalized spacial score (nSPS) is 11.1. The molecule has 0 fully saturated rings. The van der Waals surface area contributed by atoms with Crippen molar-refractivity contribution >= 4 is 21.4 Å². The fourth-order valence-electron chi connectivity index (χ4n) is 2.09. The number of hydrogen-bond donors (Lipinski definition) is 1. The van der Waals surface area contributed by atoms with Crippen molar-refractivity contribution < 1.29 is 13.2 Å². The summed E-state index contributed by atoms with van der Waals surface area (Å²) in [6.45, 7) is 4.55. The zero-order chi connectivity index (χ0) is 17.0. The second kappa shape index (κ2) is 6.83. The third-order valence-corrected chi connectivity index (χ3v) is 4.57.